The summed E-state index contributed by atoms with van der Waals surface area (Å²) < 4.78 is 32.1. The first-order valence-electron chi connectivity index (χ1n) is 9.09. The van der Waals surface area contributed by atoms with Crippen molar-refractivity contribution in [2.24, 2.45) is 5.92 Å². The monoisotopic (exact) mass is 433 g/mol. The van der Waals surface area contributed by atoms with E-state index in [9.17, 15) is 19.4 Å². The number of amides is 1. The van der Waals surface area contributed by atoms with Gasteiger partial charge in [-0.15, -0.1) is 4.52 Å². The van der Waals surface area contributed by atoms with Gasteiger partial charge < -0.3 is 19.9 Å². The molecule has 2 N–H and O–H groups in total. The van der Waals surface area contributed by atoms with Gasteiger partial charge in [-0.25, -0.2) is 19.3 Å². The molecule has 1 amide bonds. The fourth-order valence-electron chi connectivity index (χ4n) is 3.70. The predicted molar refractivity (Wildman–Crippen MR) is 101 cm³/mol. The Balaban J connectivity index is 1.63. The third-order valence-corrected chi connectivity index (χ3v) is 5.53. The Labute approximate surface area is 170 Å². The molecule has 1 saturated carbocycles. The highest BCUT2D eigenvalue weighted by Crippen LogP contribution is 2.42. The zero-order valence-electron chi connectivity index (χ0n) is 15.5. The first kappa shape index (κ1) is 20.4. The second-order valence-corrected chi connectivity index (χ2v) is 7.51. The van der Waals surface area contributed by atoms with Crippen LogP contribution in [0.1, 0.15) is 22.8 Å². The van der Waals surface area contributed by atoms with Gasteiger partial charge in [-0.1, -0.05) is 18.2 Å². The molecule has 12 heteroatoms. The van der Waals surface area contributed by atoms with Gasteiger partial charge in [0.15, 0.2) is 29.3 Å². The molecular weight excluding hydrogens is 416 g/mol. The van der Waals surface area contributed by atoms with Gasteiger partial charge in [-0.2, -0.15) is 0 Å². The van der Waals surface area contributed by atoms with Crippen molar-refractivity contribution in [1.82, 2.24) is 19.5 Å². The molecule has 0 radical (unpaired) electrons. The van der Waals surface area contributed by atoms with Gasteiger partial charge in [-0.3, -0.25) is 4.79 Å². The third-order valence-electron chi connectivity index (χ3n) is 5.12. The van der Waals surface area contributed by atoms with E-state index in [0.29, 0.717) is 5.56 Å². The van der Waals surface area contributed by atoms with Gasteiger partial charge in [0, 0.05) is 18.1 Å². The fourth-order valence-corrected chi connectivity index (χ4v) is 4.18. The van der Waals surface area contributed by atoms with Crippen LogP contribution in [-0.2, 0) is 9.09 Å². The minimum Gasteiger partial charge on any atom is -0.566 e. The Bertz CT molecular complexity index is 1080. The van der Waals surface area contributed by atoms with E-state index in [1.165, 1.54) is 17.2 Å². The molecule has 2 heterocycles. The number of aliphatic hydroxyl groups excluding tert-OH is 1. The molecule has 0 saturated heterocycles. The summed E-state index contributed by atoms with van der Waals surface area (Å²) in [4.78, 5) is 35.8. The maximum Gasteiger partial charge on any atom is 0.488 e. The van der Waals surface area contributed by atoms with Crippen LogP contribution in [0.2, 0.25) is 0 Å². The molecule has 2 aromatic heterocycles. The highest BCUT2D eigenvalue weighted by molar-refractivity contribution is 7.30. The zero-order valence-corrected chi connectivity index (χ0v) is 16.4. The average molecular weight is 433 g/mol. The normalized spacial score (nSPS) is 24.2. The number of imidazole rings is 1. The summed E-state index contributed by atoms with van der Waals surface area (Å²) in [6, 6.07) is 7.69. The van der Waals surface area contributed by atoms with E-state index in [0.717, 1.165) is 0 Å². The van der Waals surface area contributed by atoms with Crippen LogP contribution in [0.25, 0.3) is 11.2 Å². The van der Waals surface area contributed by atoms with Crippen LogP contribution >= 0.6 is 8.25 Å². The number of rotatable bonds is 6. The van der Waals surface area contributed by atoms with Gasteiger partial charge in [0.25, 0.3) is 5.91 Å². The van der Waals surface area contributed by atoms with Crippen molar-refractivity contribution in [2.45, 2.75) is 24.7 Å². The van der Waals surface area contributed by atoms with E-state index in [2.05, 4.69) is 24.8 Å². The van der Waals surface area contributed by atoms with Crippen molar-refractivity contribution >= 4 is 31.1 Å². The summed E-state index contributed by atoms with van der Waals surface area (Å²) >= 11 is 0. The Morgan fingerprint density at radius 1 is 1.33 bits per heavy atom. The van der Waals surface area contributed by atoms with Crippen molar-refractivity contribution in [3.05, 3.63) is 48.5 Å². The highest BCUT2D eigenvalue weighted by atomic mass is 31.1. The number of alkyl halides is 1. The lowest BCUT2D eigenvalue weighted by Crippen LogP contribution is -2.29. The Morgan fingerprint density at radius 2 is 2.10 bits per heavy atom. The number of anilines is 1. The number of nitrogens with zero attached hydrogens (tertiary/aromatic N) is 4. The Kier molecular flexibility index (Phi) is 5.78. The average Bonchev–Trinajstić information content (AvgIpc) is 3.30. The van der Waals surface area contributed by atoms with Crippen molar-refractivity contribution in [3.8, 4) is 0 Å². The smallest absolute Gasteiger partial charge is 0.488 e. The summed E-state index contributed by atoms with van der Waals surface area (Å²) in [6.07, 6.45) is -0.299. The lowest BCUT2D eigenvalue weighted by atomic mass is 10.1. The summed E-state index contributed by atoms with van der Waals surface area (Å²) in [5.41, 5.74) is 0.958. The Hall–Kier alpha value is -2.85. The van der Waals surface area contributed by atoms with Crippen LogP contribution in [-0.4, -0.2) is 49.4 Å². The van der Waals surface area contributed by atoms with E-state index >= 15 is 4.39 Å². The summed E-state index contributed by atoms with van der Waals surface area (Å²) in [7, 11) is -3.27. The van der Waals surface area contributed by atoms with Crippen molar-refractivity contribution in [1.29, 1.82) is 0 Å². The van der Waals surface area contributed by atoms with Gasteiger partial charge in [-0.05, 0) is 23.1 Å². The number of hydrogen-bond acceptors (Lipinski definition) is 8. The van der Waals surface area contributed by atoms with Crippen molar-refractivity contribution in [2.75, 3.05) is 11.9 Å². The van der Waals surface area contributed by atoms with E-state index in [-0.39, 0.29) is 29.3 Å². The minimum absolute atomic E-state index is 0.132. The Morgan fingerprint density at radius 3 is 2.80 bits per heavy atom. The molecular formula is C18H17FN5O5P. The van der Waals surface area contributed by atoms with Crippen LogP contribution < -0.4 is 10.2 Å². The third kappa shape index (κ3) is 3.80. The lowest BCUT2D eigenvalue weighted by molar-refractivity contribution is -0.192. The van der Waals surface area contributed by atoms with Crippen LogP contribution in [0.4, 0.5) is 10.2 Å². The number of aromatic nitrogens is 4. The highest BCUT2D eigenvalue weighted by Gasteiger charge is 2.48. The van der Waals surface area contributed by atoms with Crippen LogP contribution in [0, 0.1) is 5.92 Å². The molecule has 1 aliphatic rings. The van der Waals surface area contributed by atoms with Crippen LogP contribution in [0.5, 0.6) is 0 Å². The van der Waals surface area contributed by atoms with E-state index in [1.54, 1.807) is 30.3 Å². The second kappa shape index (κ2) is 8.49. The number of hydrogen-bond donors (Lipinski definition) is 2. The molecule has 5 atom stereocenters. The summed E-state index contributed by atoms with van der Waals surface area (Å²) in [6.45, 7) is -0.426. The SMILES string of the molecule is O=C(Nc1ncnc2c1ncn2[C@@H]1C[C@H](CO)[C@@H](O[P+](=O)[O-])[C@H]1F)c1ccccc1. The standard InChI is InChI=1S/C18H17FN5O5P/c19-13-12(6-11(7-25)15(13)29-30(27)28)24-9-22-14-16(20-8-21-17(14)24)23-18(26)10-4-2-1-3-5-10/h1-5,8-9,11-13,15,25H,6-7H2,(H,20,21,23,26)/t11-,12-,13+,15-/m1/s1. The topological polar surface area (TPSA) is 142 Å². The number of halogens is 1. The number of carbonyl (C=O) groups excluding carboxylic acids is 1. The molecule has 4 rings (SSSR count). The number of aliphatic hydroxyl groups is 1. The fraction of sp³-hybridized carbons (Fsp3) is 0.333. The summed E-state index contributed by atoms with van der Waals surface area (Å²) in [5.74, 6) is -0.924. The molecule has 10 nitrogen and oxygen atoms in total. The number of fused-ring (bicyclic) bond motifs is 1. The molecule has 0 spiro atoms. The van der Waals surface area contributed by atoms with E-state index in [4.69, 9.17) is 0 Å². The second-order valence-electron chi connectivity index (χ2n) is 6.85. The van der Waals surface area contributed by atoms with E-state index < -0.39 is 39.1 Å². The number of carbonyl (C=O) groups is 1. The number of nitrogens with one attached hydrogen (secondary N) is 1. The minimum atomic E-state index is -3.27. The van der Waals surface area contributed by atoms with Crippen molar-refractivity contribution < 1.29 is 28.3 Å². The molecule has 0 aliphatic heterocycles. The first-order chi connectivity index (χ1) is 14.5. The summed E-state index contributed by atoms with van der Waals surface area (Å²) in [5, 5.41) is 12.2. The van der Waals surface area contributed by atoms with Crippen LogP contribution in [0.3, 0.4) is 0 Å². The van der Waals surface area contributed by atoms with E-state index in [1.807, 2.05) is 0 Å². The quantitative estimate of drug-likeness (QED) is 0.555. The molecule has 1 unspecified atom stereocenters. The molecule has 3 aromatic rings. The maximum absolute atomic E-state index is 15.0. The molecule has 1 aromatic carbocycles. The molecule has 30 heavy (non-hydrogen) atoms. The largest absolute Gasteiger partial charge is 0.566 e. The maximum atomic E-state index is 15.0. The molecule has 1 aliphatic carbocycles. The van der Waals surface area contributed by atoms with Gasteiger partial charge in [0.1, 0.15) is 6.33 Å². The van der Waals surface area contributed by atoms with Crippen molar-refractivity contribution in [3.63, 3.8) is 0 Å². The lowest BCUT2D eigenvalue weighted by Gasteiger charge is -2.16. The first-order valence-corrected chi connectivity index (χ1v) is 10.2. The zero-order chi connectivity index (χ0) is 21.3. The van der Waals surface area contributed by atoms with Gasteiger partial charge in [0.2, 0.25) is 0 Å². The predicted octanol–water partition coefficient (Wildman–Crippen LogP) is 1.37. The molecule has 1 fully saturated rings. The molecule has 156 valence electrons. The number of benzene rings is 1. The van der Waals surface area contributed by atoms with Gasteiger partial charge >= 0.3 is 8.25 Å². The van der Waals surface area contributed by atoms with Crippen LogP contribution in [0.15, 0.2) is 43.0 Å². The molecule has 0 bridgehead atoms. The van der Waals surface area contributed by atoms with Gasteiger partial charge in [0.05, 0.1) is 12.4 Å².